The number of rotatable bonds is 4. The zero-order valence-electron chi connectivity index (χ0n) is 10.6. The lowest BCUT2D eigenvalue weighted by Crippen LogP contribution is -2.21. The minimum Gasteiger partial charge on any atom is -0.376 e. The van der Waals surface area contributed by atoms with Gasteiger partial charge in [0, 0.05) is 14.9 Å². The summed E-state index contributed by atoms with van der Waals surface area (Å²) in [4.78, 5) is 11.8. The van der Waals surface area contributed by atoms with Crippen LogP contribution in [0.1, 0.15) is 5.56 Å². The number of benzene rings is 2. The molecule has 0 atom stereocenters. The number of hydrogen-bond donors (Lipinski definition) is 2. The molecule has 4 heteroatoms. The molecular formula is C15H15IN2O. The maximum absolute atomic E-state index is 11.8. The second-order valence-corrected chi connectivity index (χ2v) is 5.52. The molecule has 3 nitrogen and oxygen atoms in total. The lowest BCUT2D eigenvalue weighted by Gasteiger charge is -2.08. The molecule has 0 unspecified atom stereocenters. The quantitative estimate of drug-likeness (QED) is 0.812. The minimum absolute atomic E-state index is 0.0533. The Morgan fingerprint density at radius 1 is 1.00 bits per heavy atom. The van der Waals surface area contributed by atoms with Gasteiger partial charge in [0.05, 0.1) is 6.54 Å². The van der Waals surface area contributed by atoms with Gasteiger partial charge in [-0.3, -0.25) is 4.79 Å². The van der Waals surface area contributed by atoms with E-state index >= 15 is 0 Å². The third kappa shape index (κ3) is 4.55. The fraction of sp³-hybridized carbons (Fsp3) is 0.133. The summed E-state index contributed by atoms with van der Waals surface area (Å²) in [7, 11) is 0. The van der Waals surface area contributed by atoms with E-state index < -0.39 is 0 Å². The van der Waals surface area contributed by atoms with E-state index in [0.29, 0.717) is 0 Å². The van der Waals surface area contributed by atoms with Gasteiger partial charge < -0.3 is 10.6 Å². The molecule has 98 valence electrons. The Morgan fingerprint density at radius 2 is 1.58 bits per heavy atom. The predicted octanol–water partition coefficient (Wildman–Crippen LogP) is 3.65. The lowest BCUT2D eigenvalue weighted by molar-refractivity contribution is -0.114. The smallest absolute Gasteiger partial charge is 0.243 e. The summed E-state index contributed by atoms with van der Waals surface area (Å²) in [5, 5.41) is 5.94. The first kappa shape index (κ1) is 13.9. The van der Waals surface area contributed by atoms with Crippen molar-refractivity contribution in [3.63, 3.8) is 0 Å². The zero-order chi connectivity index (χ0) is 13.7. The van der Waals surface area contributed by atoms with Gasteiger partial charge in [0.2, 0.25) is 5.91 Å². The summed E-state index contributed by atoms with van der Waals surface area (Å²) in [6.45, 7) is 2.28. The molecule has 0 saturated carbocycles. The summed E-state index contributed by atoms with van der Waals surface area (Å²) in [5.41, 5.74) is 2.94. The maximum Gasteiger partial charge on any atom is 0.243 e. The molecule has 0 radical (unpaired) electrons. The molecule has 2 rings (SSSR count). The molecule has 0 aliphatic heterocycles. The van der Waals surface area contributed by atoms with Crippen LogP contribution >= 0.6 is 22.6 Å². The standard InChI is InChI=1S/C15H15IN2O/c1-11-2-6-14(7-3-11)18-15(19)10-17-13-8-4-12(16)5-9-13/h2-9,17H,10H2,1H3,(H,18,19). The Hall–Kier alpha value is -1.56. The molecule has 0 fully saturated rings. The van der Waals surface area contributed by atoms with Crippen molar-refractivity contribution < 1.29 is 4.79 Å². The summed E-state index contributed by atoms with van der Waals surface area (Å²) in [5.74, 6) is -0.0533. The number of anilines is 2. The number of amides is 1. The number of hydrogen-bond acceptors (Lipinski definition) is 2. The van der Waals surface area contributed by atoms with Crippen LogP contribution in [0.3, 0.4) is 0 Å². The van der Waals surface area contributed by atoms with Crippen LogP contribution in [-0.2, 0) is 4.79 Å². The summed E-state index contributed by atoms with van der Waals surface area (Å²) in [6, 6.07) is 15.7. The van der Waals surface area contributed by atoms with Crippen molar-refractivity contribution in [1.29, 1.82) is 0 Å². The minimum atomic E-state index is -0.0533. The molecule has 0 heterocycles. The predicted molar refractivity (Wildman–Crippen MR) is 87.5 cm³/mol. The second-order valence-electron chi connectivity index (χ2n) is 4.27. The Kier molecular flexibility index (Phi) is 4.79. The fourth-order valence-corrected chi connectivity index (χ4v) is 1.95. The molecule has 0 spiro atoms. The fourth-order valence-electron chi connectivity index (χ4n) is 1.59. The van der Waals surface area contributed by atoms with Gasteiger partial charge in [-0.15, -0.1) is 0 Å². The van der Waals surface area contributed by atoms with Gasteiger partial charge in [-0.2, -0.15) is 0 Å². The molecule has 0 aliphatic carbocycles. The van der Waals surface area contributed by atoms with E-state index in [4.69, 9.17) is 0 Å². The first-order chi connectivity index (χ1) is 9.13. The molecule has 19 heavy (non-hydrogen) atoms. The van der Waals surface area contributed by atoms with Crippen molar-refractivity contribution >= 4 is 39.9 Å². The normalized spacial score (nSPS) is 10.0. The number of halogens is 1. The number of carbonyl (C=O) groups is 1. The molecule has 1 amide bonds. The van der Waals surface area contributed by atoms with Crippen molar-refractivity contribution in [2.45, 2.75) is 6.92 Å². The van der Waals surface area contributed by atoms with Gasteiger partial charge in [-0.05, 0) is 65.9 Å². The number of carbonyl (C=O) groups excluding carboxylic acids is 1. The van der Waals surface area contributed by atoms with Crippen molar-refractivity contribution in [2.75, 3.05) is 17.2 Å². The van der Waals surface area contributed by atoms with Gasteiger partial charge in [-0.1, -0.05) is 17.7 Å². The highest BCUT2D eigenvalue weighted by atomic mass is 127. The van der Waals surface area contributed by atoms with Crippen molar-refractivity contribution in [2.24, 2.45) is 0 Å². The molecule has 0 bridgehead atoms. The van der Waals surface area contributed by atoms with E-state index in [-0.39, 0.29) is 12.5 Å². The number of aryl methyl sites for hydroxylation is 1. The van der Waals surface area contributed by atoms with Gasteiger partial charge in [-0.25, -0.2) is 0 Å². The third-order valence-electron chi connectivity index (χ3n) is 2.63. The summed E-state index contributed by atoms with van der Waals surface area (Å²) >= 11 is 2.25. The van der Waals surface area contributed by atoms with Crippen molar-refractivity contribution in [3.8, 4) is 0 Å². The van der Waals surface area contributed by atoms with E-state index in [9.17, 15) is 4.79 Å². The van der Waals surface area contributed by atoms with Gasteiger partial charge in [0.15, 0.2) is 0 Å². The Labute approximate surface area is 126 Å². The average Bonchev–Trinajstić information content (AvgIpc) is 2.41. The molecule has 0 aromatic heterocycles. The molecule has 0 aliphatic rings. The van der Waals surface area contributed by atoms with E-state index in [1.807, 2.05) is 55.5 Å². The van der Waals surface area contributed by atoms with Crippen molar-refractivity contribution in [1.82, 2.24) is 0 Å². The Bertz CT molecular complexity index is 549. The second kappa shape index (κ2) is 6.56. The van der Waals surface area contributed by atoms with Crippen molar-refractivity contribution in [3.05, 3.63) is 57.7 Å². The van der Waals surface area contributed by atoms with Crippen LogP contribution in [0.2, 0.25) is 0 Å². The van der Waals surface area contributed by atoms with Crippen LogP contribution in [0.5, 0.6) is 0 Å². The number of nitrogens with one attached hydrogen (secondary N) is 2. The largest absolute Gasteiger partial charge is 0.376 e. The highest BCUT2D eigenvalue weighted by Gasteiger charge is 2.01. The molecule has 2 aromatic carbocycles. The maximum atomic E-state index is 11.8. The average molecular weight is 366 g/mol. The van der Waals surface area contributed by atoms with E-state index in [1.54, 1.807) is 0 Å². The highest BCUT2D eigenvalue weighted by molar-refractivity contribution is 14.1. The van der Waals surface area contributed by atoms with Crippen LogP contribution in [0.25, 0.3) is 0 Å². The first-order valence-electron chi connectivity index (χ1n) is 5.99. The van der Waals surface area contributed by atoms with Gasteiger partial charge in [0.25, 0.3) is 0 Å². The highest BCUT2D eigenvalue weighted by Crippen LogP contribution is 2.11. The SMILES string of the molecule is Cc1ccc(NC(=O)CNc2ccc(I)cc2)cc1. The molecule has 2 aromatic rings. The molecule has 2 N–H and O–H groups in total. The van der Waals surface area contributed by atoms with Crippen LogP contribution in [0.15, 0.2) is 48.5 Å². The Morgan fingerprint density at radius 3 is 2.21 bits per heavy atom. The van der Waals surface area contributed by atoms with Crippen LogP contribution in [-0.4, -0.2) is 12.5 Å². The zero-order valence-corrected chi connectivity index (χ0v) is 12.8. The van der Waals surface area contributed by atoms with E-state index in [0.717, 1.165) is 11.4 Å². The monoisotopic (exact) mass is 366 g/mol. The van der Waals surface area contributed by atoms with Crippen LogP contribution < -0.4 is 10.6 Å². The van der Waals surface area contributed by atoms with Gasteiger partial charge >= 0.3 is 0 Å². The third-order valence-corrected chi connectivity index (χ3v) is 3.35. The Balaban J connectivity index is 1.84. The first-order valence-corrected chi connectivity index (χ1v) is 7.07. The molecule has 0 saturated heterocycles. The van der Waals surface area contributed by atoms with Crippen LogP contribution in [0, 0.1) is 10.5 Å². The van der Waals surface area contributed by atoms with Gasteiger partial charge in [0.1, 0.15) is 0 Å². The summed E-state index contributed by atoms with van der Waals surface area (Å²) < 4.78 is 1.17. The lowest BCUT2D eigenvalue weighted by atomic mass is 10.2. The molecular weight excluding hydrogens is 351 g/mol. The van der Waals surface area contributed by atoms with E-state index in [2.05, 4.69) is 33.2 Å². The van der Waals surface area contributed by atoms with Crippen LogP contribution in [0.4, 0.5) is 11.4 Å². The summed E-state index contributed by atoms with van der Waals surface area (Å²) in [6.07, 6.45) is 0. The van der Waals surface area contributed by atoms with E-state index in [1.165, 1.54) is 9.13 Å². The topological polar surface area (TPSA) is 41.1 Å².